The molecule has 1 saturated heterocycles. The molecular formula is C22H29N3O4S. The first-order chi connectivity index (χ1) is 14.2. The molecule has 1 heterocycles. The molecule has 3 rings (SSSR count). The van der Waals surface area contributed by atoms with Crippen molar-refractivity contribution in [2.24, 2.45) is 0 Å². The summed E-state index contributed by atoms with van der Waals surface area (Å²) in [7, 11) is -1.67. The van der Waals surface area contributed by atoms with E-state index in [-0.39, 0.29) is 16.9 Å². The van der Waals surface area contributed by atoms with Crippen LogP contribution >= 0.6 is 0 Å². The molecule has 0 saturated carbocycles. The van der Waals surface area contributed by atoms with Crippen LogP contribution < -0.4 is 10.1 Å². The summed E-state index contributed by atoms with van der Waals surface area (Å²) < 4.78 is 33.1. The van der Waals surface area contributed by atoms with Gasteiger partial charge in [-0.05, 0) is 69.8 Å². The van der Waals surface area contributed by atoms with Crippen LogP contribution in [0, 0.1) is 6.92 Å². The van der Waals surface area contributed by atoms with Crippen molar-refractivity contribution in [2.45, 2.75) is 31.8 Å². The molecule has 1 amide bonds. The highest BCUT2D eigenvalue weighted by atomic mass is 32.2. The molecule has 1 aliphatic rings. The Labute approximate surface area is 178 Å². The fraction of sp³-hybridized carbons (Fsp3) is 0.409. The van der Waals surface area contributed by atoms with Gasteiger partial charge in [0.2, 0.25) is 10.0 Å². The Bertz CT molecular complexity index is 996. The van der Waals surface area contributed by atoms with E-state index < -0.39 is 10.0 Å². The van der Waals surface area contributed by atoms with E-state index >= 15 is 0 Å². The largest absolute Gasteiger partial charge is 0.491 e. The van der Waals surface area contributed by atoms with Crippen molar-refractivity contribution in [3.8, 4) is 5.75 Å². The van der Waals surface area contributed by atoms with Gasteiger partial charge in [-0.1, -0.05) is 6.07 Å². The molecule has 1 N–H and O–H groups in total. The maximum atomic E-state index is 13.0. The van der Waals surface area contributed by atoms with Crippen molar-refractivity contribution in [1.82, 2.24) is 9.21 Å². The number of nitrogens with zero attached hydrogens (tertiary/aromatic N) is 2. The van der Waals surface area contributed by atoms with Gasteiger partial charge in [-0.25, -0.2) is 8.42 Å². The number of hydrogen-bond donors (Lipinski definition) is 1. The lowest BCUT2D eigenvalue weighted by atomic mass is 10.1. The molecule has 0 unspecified atom stereocenters. The molecule has 0 atom stereocenters. The first-order valence-electron chi connectivity index (χ1n) is 10.0. The zero-order valence-corrected chi connectivity index (χ0v) is 18.7. The first-order valence-corrected chi connectivity index (χ1v) is 11.5. The molecule has 2 aromatic carbocycles. The molecule has 0 aromatic heterocycles. The van der Waals surface area contributed by atoms with E-state index in [0.717, 1.165) is 5.75 Å². The number of hydrogen-bond acceptors (Lipinski definition) is 5. The third kappa shape index (κ3) is 5.19. The Morgan fingerprint density at radius 2 is 1.67 bits per heavy atom. The van der Waals surface area contributed by atoms with Crippen molar-refractivity contribution < 1.29 is 17.9 Å². The van der Waals surface area contributed by atoms with E-state index in [4.69, 9.17) is 4.74 Å². The smallest absolute Gasteiger partial charge is 0.255 e. The zero-order valence-electron chi connectivity index (χ0n) is 17.9. The van der Waals surface area contributed by atoms with Gasteiger partial charge in [-0.2, -0.15) is 4.31 Å². The highest BCUT2D eigenvalue weighted by molar-refractivity contribution is 7.89. The summed E-state index contributed by atoms with van der Waals surface area (Å²) in [4.78, 5) is 15.1. The predicted octanol–water partition coefficient (Wildman–Crippen LogP) is 2.97. The van der Waals surface area contributed by atoms with Crippen LogP contribution in [0.3, 0.4) is 0 Å². The van der Waals surface area contributed by atoms with Gasteiger partial charge >= 0.3 is 0 Å². The van der Waals surface area contributed by atoms with Crippen LogP contribution in [0.25, 0.3) is 0 Å². The molecule has 2 aromatic rings. The van der Waals surface area contributed by atoms with Crippen molar-refractivity contribution in [2.75, 3.05) is 38.5 Å². The molecule has 0 radical (unpaired) electrons. The predicted molar refractivity (Wildman–Crippen MR) is 118 cm³/mol. The normalized spacial score (nSPS) is 15.9. The van der Waals surface area contributed by atoms with Gasteiger partial charge in [0.15, 0.2) is 0 Å². The highest BCUT2D eigenvalue weighted by Crippen LogP contribution is 2.22. The van der Waals surface area contributed by atoms with Gasteiger partial charge in [0.25, 0.3) is 5.91 Å². The maximum Gasteiger partial charge on any atom is 0.255 e. The Morgan fingerprint density at radius 1 is 1.03 bits per heavy atom. The van der Waals surface area contributed by atoms with E-state index in [1.807, 2.05) is 20.9 Å². The van der Waals surface area contributed by atoms with Crippen LogP contribution in [0.5, 0.6) is 5.75 Å². The Kier molecular flexibility index (Phi) is 6.80. The second kappa shape index (κ2) is 9.16. The van der Waals surface area contributed by atoms with E-state index in [0.29, 0.717) is 43.0 Å². The Hall–Kier alpha value is -2.42. The summed E-state index contributed by atoms with van der Waals surface area (Å²) in [5, 5.41) is 2.83. The molecular weight excluding hydrogens is 402 g/mol. The molecule has 162 valence electrons. The van der Waals surface area contributed by atoms with Crippen LogP contribution in [0.4, 0.5) is 5.69 Å². The van der Waals surface area contributed by atoms with Crippen LogP contribution in [0.2, 0.25) is 0 Å². The summed E-state index contributed by atoms with van der Waals surface area (Å²) >= 11 is 0. The monoisotopic (exact) mass is 431 g/mol. The van der Waals surface area contributed by atoms with Gasteiger partial charge in [-0.15, -0.1) is 0 Å². The quantitative estimate of drug-likeness (QED) is 0.761. The van der Waals surface area contributed by atoms with E-state index in [2.05, 4.69) is 10.2 Å². The van der Waals surface area contributed by atoms with Gasteiger partial charge in [-0.3, -0.25) is 4.79 Å². The lowest BCUT2D eigenvalue weighted by Gasteiger charge is -2.31. The molecule has 7 nitrogen and oxygen atoms in total. The number of likely N-dealkylation sites (N-methyl/N-ethyl adjacent to an activating group) is 1. The average molecular weight is 432 g/mol. The number of carbonyl (C=O) groups excluding carboxylic acids is 1. The van der Waals surface area contributed by atoms with Crippen LogP contribution in [0.15, 0.2) is 47.4 Å². The minimum absolute atomic E-state index is 0.0677. The van der Waals surface area contributed by atoms with E-state index in [9.17, 15) is 13.2 Å². The van der Waals surface area contributed by atoms with Crippen molar-refractivity contribution in [1.29, 1.82) is 0 Å². The first kappa shape index (κ1) is 22.3. The topological polar surface area (TPSA) is 79.0 Å². The van der Waals surface area contributed by atoms with Crippen molar-refractivity contribution in [3.63, 3.8) is 0 Å². The van der Waals surface area contributed by atoms with Crippen LogP contribution in [-0.4, -0.2) is 62.9 Å². The standard InChI is InChI=1S/C22H29N3O4S/c1-16(2)29-19-8-6-18(7-9-19)23-22(26)21-15-20(10-5-17(21)3)30(27,28)25-13-11-24(4)12-14-25/h5-10,15-16H,11-14H2,1-4H3,(H,23,26). The molecule has 8 heteroatoms. The molecule has 1 fully saturated rings. The average Bonchev–Trinajstić information content (AvgIpc) is 2.69. The molecule has 0 aliphatic carbocycles. The maximum absolute atomic E-state index is 13.0. The number of amides is 1. The van der Waals surface area contributed by atoms with Gasteiger partial charge in [0.05, 0.1) is 11.0 Å². The second-order valence-electron chi connectivity index (χ2n) is 7.83. The molecule has 30 heavy (non-hydrogen) atoms. The van der Waals surface area contributed by atoms with Crippen molar-refractivity contribution >= 4 is 21.6 Å². The number of benzene rings is 2. The summed E-state index contributed by atoms with van der Waals surface area (Å²) in [6, 6.07) is 11.8. The highest BCUT2D eigenvalue weighted by Gasteiger charge is 2.28. The Morgan fingerprint density at radius 3 is 2.27 bits per heavy atom. The number of sulfonamides is 1. The van der Waals surface area contributed by atoms with E-state index in [1.54, 1.807) is 43.3 Å². The number of ether oxygens (including phenoxy) is 1. The molecule has 0 bridgehead atoms. The number of carbonyl (C=O) groups is 1. The number of piperazine rings is 1. The lowest BCUT2D eigenvalue weighted by Crippen LogP contribution is -2.47. The van der Waals surface area contributed by atoms with Gasteiger partial charge < -0.3 is 15.0 Å². The number of aryl methyl sites for hydroxylation is 1. The van der Waals surface area contributed by atoms with Crippen LogP contribution in [0.1, 0.15) is 29.8 Å². The van der Waals surface area contributed by atoms with Crippen LogP contribution in [-0.2, 0) is 10.0 Å². The summed E-state index contributed by atoms with van der Waals surface area (Å²) in [6.45, 7) is 7.95. The third-order valence-corrected chi connectivity index (χ3v) is 6.93. The SMILES string of the molecule is Cc1ccc(S(=O)(=O)N2CCN(C)CC2)cc1C(=O)Nc1ccc(OC(C)C)cc1. The number of rotatable bonds is 6. The summed E-state index contributed by atoms with van der Waals surface area (Å²) in [6.07, 6.45) is 0.0677. The zero-order chi connectivity index (χ0) is 21.9. The number of anilines is 1. The molecule has 0 spiro atoms. The van der Waals surface area contributed by atoms with Crippen molar-refractivity contribution in [3.05, 3.63) is 53.6 Å². The third-order valence-electron chi connectivity index (χ3n) is 5.04. The number of nitrogens with one attached hydrogen (secondary N) is 1. The second-order valence-corrected chi connectivity index (χ2v) is 9.77. The minimum Gasteiger partial charge on any atom is -0.491 e. The van der Waals surface area contributed by atoms with Gasteiger partial charge in [0.1, 0.15) is 5.75 Å². The van der Waals surface area contributed by atoms with Gasteiger partial charge in [0, 0.05) is 37.4 Å². The van der Waals surface area contributed by atoms with E-state index in [1.165, 1.54) is 10.4 Å². The fourth-order valence-electron chi connectivity index (χ4n) is 3.27. The lowest BCUT2D eigenvalue weighted by molar-refractivity contribution is 0.102. The summed E-state index contributed by atoms with van der Waals surface area (Å²) in [5.74, 6) is 0.375. The fourth-order valence-corrected chi connectivity index (χ4v) is 4.72. The summed E-state index contributed by atoms with van der Waals surface area (Å²) in [5.41, 5.74) is 1.67. The molecule has 1 aliphatic heterocycles. The minimum atomic E-state index is -3.64. The Balaban J connectivity index is 1.78.